The lowest BCUT2D eigenvalue weighted by atomic mass is 9.76. The third-order valence-electron chi connectivity index (χ3n) is 8.68. The van der Waals surface area contributed by atoms with E-state index < -0.39 is 0 Å². The van der Waals surface area contributed by atoms with Crippen LogP contribution in [0, 0.1) is 10.8 Å². The van der Waals surface area contributed by atoms with E-state index in [2.05, 4.69) is 53.5 Å². The molecule has 1 heteroatoms. The van der Waals surface area contributed by atoms with Crippen LogP contribution in [0.2, 0.25) is 0 Å². The smallest absolute Gasteiger partial charge is 0.00216 e. The molecule has 1 atom stereocenters. The molecule has 0 rings (SSSR count). The van der Waals surface area contributed by atoms with E-state index in [1.165, 1.54) is 154 Å². The Morgan fingerprint density at radius 3 is 1.00 bits per heavy atom. The molecule has 1 nitrogen and oxygen atoms in total. The molecular weight excluding hydrogens is 410 g/mol. The molecule has 0 aromatic rings. The van der Waals surface area contributed by atoms with Crippen molar-refractivity contribution in [2.24, 2.45) is 10.8 Å². The van der Waals surface area contributed by atoms with E-state index in [4.69, 9.17) is 0 Å². The van der Waals surface area contributed by atoms with Crippen LogP contribution in [0.1, 0.15) is 183 Å². The largest absolute Gasteiger partial charge is 0.306 e. The molecule has 1 unspecified atom stereocenters. The Balaban J connectivity index is 4.41. The van der Waals surface area contributed by atoms with Crippen LogP contribution in [0.25, 0.3) is 0 Å². The molecule has 0 aliphatic rings. The first-order valence-corrected chi connectivity index (χ1v) is 16.0. The summed E-state index contributed by atoms with van der Waals surface area (Å²) in [6.45, 7) is 17.1. The summed E-state index contributed by atoms with van der Waals surface area (Å²) in [6.07, 6.45) is 31.2. The zero-order chi connectivity index (χ0) is 25.5. The van der Waals surface area contributed by atoms with E-state index in [-0.39, 0.29) is 0 Å². The maximum absolute atomic E-state index is 2.64. The predicted octanol–water partition coefficient (Wildman–Crippen LogP) is 11.6. The lowest BCUT2D eigenvalue weighted by Gasteiger charge is -2.32. The first-order chi connectivity index (χ1) is 16.3. The van der Waals surface area contributed by atoms with Crippen LogP contribution in [0.15, 0.2) is 0 Å². The number of unbranched alkanes of at least 4 members (excludes halogenated alkanes) is 10. The average Bonchev–Trinajstić information content (AvgIpc) is 2.81. The van der Waals surface area contributed by atoms with E-state index in [9.17, 15) is 0 Å². The third-order valence-corrected chi connectivity index (χ3v) is 8.68. The number of rotatable bonds is 26. The summed E-state index contributed by atoms with van der Waals surface area (Å²) in [4.78, 5) is 2.64. The third kappa shape index (κ3) is 19.2. The summed E-state index contributed by atoms with van der Waals surface area (Å²) in [6, 6.07) is 0. The second-order valence-corrected chi connectivity index (χ2v) is 12.7. The van der Waals surface area contributed by atoms with Crippen molar-refractivity contribution in [3.63, 3.8) is 0 Å². The molecule has 0 N–H and O–H groups in total. The molecular formula is C33H69N. The fourth-order valence-electron chi connectivity index (χ4n) is 5.95. The minimum Gasteiger partial charge on any atom is -0.306 e. The highest BCUT2D eigenvalue weighted by atomic mass is 15.1. The lowest BCUT2D eigenvalue weighted by Crippen LogP contribution is -2.25. The molecule has 0 bridgehead atoms. The molecule has 206 valence electrons. The van der Waals surface area contributed by atoms with E-state index in [1.54, 1.807) is 0 Å². The Morgan fingerprint density at radius 1 is 0.382 bits per heavy atom. The van der Waals surface area contributed by atoms with Gasteiger partial charge in [-0.25, -0.2) is 0 Å². The van der Waals surface area contributed by atoms with Crippen LogP contribution >= 0.6 is 0 Å². The number of nitrogens with zero attached hydrogens (tertiary/aromatic N) is 1. The topological polar surface area (TPSA) is 3.24 Å². The summed E-state index contributed by atoms with van der Waals surface area (Å²) in [7, 11) is 2.38. The summed E-state index contributed by atoms with van der Waals surface area (Å²) in [5.74, 6) is 0. The van der Waals surface area contributed by atoms with Gasteiger partial charge in [-0.1, -0.05) is 131 Å². The summed E-state index contributed by atoms with van der Waals surface area (Å²) in [5.41, 5.74) is 1.17. The standard InChI is InChI=1S/C33H69N/c1-8-12-16-19-25-32(5,24-15-11-4)28-22-30-34(7)31-23-29-33(6,26-20-17-13-9-2)27-21-18-14-10-3/h8-31H2,1-7H3. The highest BCUT2D eigenvalue weighted by molar-refractivity contribution is 4.77. The van der Waals surface area contributed by atoms with Crippen molar-refractivity contribution in [1.82, 2.24) is 4.90 Å². The molecule has 0 aromatic carbocycles. The average molecular weight is 480 g/mol. The molecule has 0 heterocycles. The molecule has 0 amide bonds. The molecule has 0 saturated heterocycles. The monoisotopic (exact) mass is 480 g/mol. The van der Waals surface area contributed by atoms with Gasteiger partial charge in [0.25, 0.3) is 0 Å². The van der Waals surface area contributed by atoms with Gasteiger partial charge in [0.1, 0.15) is 0 Å². The number of hydrogen-bond donors (Lipinski definition) is 0. The molecule has 0 aliphatic heterocycles. The van der Waals surface area contributed by atoms with Crippen molar-refractivity contribution in [3.05, 3.63) is 0 Å². The van der Waals surface area contributed by atoms with Crippen molar-refractivity contribution in [2.75, 3.05) is 20.1 Å². The molecule has 34 heavy (non-hydrogen) atoms. The lowest BCUT2D eigenvalue weighted by molar-refractivity contribution is 0.195. The van der Waals surface area contributed by atoms with E-state index in [0.717, 1.165) is 0 Å². The summed E-state index contributed by atoms with van der Waals surface area (Å²) >= 11 is 0. The second kappa shape index (κ2) is 22.2. The highest BCUT2D eigenvalue weighted by Gasteiger charge is 2.24. The fourth-order valence-corrected chi connectivity index (χ4v) is 5.95. The quantitative estimate of drug-likeness (QED) is 0.111. The van der Waals surface area contributed by atoms with Gasteiger partial charge in [0, 0.05) is 0 Å². The van der Waals surface area contributed by atoms with Crippen LogP contribution in [-0.2, 0) is 0 Å². The maximum atomic E-state index is 2.64. The molecule has 0 aliphatic carbocycles. The Labute approximate surface area is 218 Å². The van der Waals surface area contributed by atoms with Crippen molar-refractivity contribution in [2.45, 2.75) is 183 Å². The van der Waals surface area contributed by atoms with E-state index in [0.29, 0.717) is 10.8 Å². The predicted molar refractivity (Wildman–Crippen MR) is 158 cm³/mol. The SMILES string of the molecule is CCCCCCC(C)(CCCC)CCCN(C)CCCC(C)(CCCCCC)CCCCCC. The van der Waals surface area contributed by atoms with Gasteiger partial charge in [0.2, 0.25) is 0 Å². The molecule has 0 radical (unpaired) electrons. The van der Waals surface area contributed by atoms with E-state index >= 15 is 0 Å². The van der Waals surface area contributed by atoms with E-state index in [1.807, 2.05) is 0 Å². The molecule has 0 fully saturated rings. The van der Waals surface area contributed by atoms with Crippen LogP contribution in [0.3, 0.4) is 0 Å². The van der Waals surface area contributed by atoms with Crippen LogP contribution in [0.5, 0.6) is 0 Å². The first kappa shape index (κ1) is 34.0. The zero-order valence-electron chi connectivity index (χ0n) is 25.4. The van der Waals surface area contributed by atoms with Gasteiger partial charge < -0.3 is 4.90 Å². The minimum absolute atomic E-state index is 0.583. The van der Waals surface area contributed by atoms with Crippen LogP contribution < -0.4 is 0 Å². The fraction of sp³-hybridized carbons (Fsp3) is 1.00. The van der Waals surface area contributed by atoms with Gasteiger partial charge in [-0.15, -0.1) is 0 Å². The Bertz CT molecular complexity index is 405. The van der Waals surface area contributed by atoms with Crippen LogP contribution in [-0.4, -0.2) is 25.0 Å². The van der Waals surface area contributed by atoms with Crippen molar-refractivity contribution in [1.29, 1.82) is 0 Å². The van der Waals surface area contributed by atoms with Crippen LogP contribution in [0.4, 0.5) is 0 Å². The van der Waals surface area contributed by atoms with Gasteiger partial charge in [-0.2, -0.15) is 0 Å². The van der Waals surface area contributed by atoms with Gasteiger partial charge in [0.05, 0.1) is 0 Å². The van der Waals surface area contributed by atoms with Gasteiger partial charge in [-0.05, 0) is 82.3 Å². The van der Waals surface area contributed by atoms with Crippen molar-refractivity contribution < 1.29 is 0 Å². The summed E-state index contributed by atoms with van der Waals surface area (Å²) in [5, 5.41) is 0. The van der Waals surface area contributed by atoms with Gasteiger partial charge in [0.15, 0.2) is 0 Å². The summed E-state index contributed by atoms with van der Waals surface area (Å²) < 4.78 is 0. The Kier molecular flexibility index (Phi) is 22.2. The number of hydrogen-bond acceptors (Lipinski definition) is 1. The van der Waals surface area contributed by atoms with Crippen molar-refractivity contribution in [3.8, 4) is 0 Å². The first-order valence-electron chi connectivity index (χ1n) is 16.0. The Hall–Kier alpha value is -0.0400. The zero-order valence-corrected chi connectivity index (χ0v) is 25.4. The van der Waals surface area contributed by atoms with Gasteiger partial charge in [-0.3, -0.25) is 0 Å². The maximum Gasteiger partial charge on any atom is -0.00216 e. The van der Waals surface area contributed by atoms with Crippen molar-refractivity contribution >= 4 is 0 Å². The van der Waals surface area contributed by atoms with Gasteiger partial charge >= 0.3 is 0 Å². The molecule has 0 saturated carbocycles. The minimum atomic E-state index is 0.583. The highest BCUT2D eigenvalue weighted by Crippen LogP contribution is 2.37. The normalized spacial score (nSPS) is 14.1. The second-order valence-electron chi connectivity index (χ2n) is 12.7. The Morgan fingerprint density at radius 2 is 0.676 bits per heavy atom. The molecule has 0 spiro atoms. The molecule has 0 aromatic heterocycles.